The van der Waals surface area contributed by atoms with Gasteiger partial charge in [-0.2, -0.15) is 5.01 Å². The number of urea groups is 1. The fraction of sp³-hybridized carbons (Fsp3) is 0.556. The van der Waals surface area contributed by atoms with Gasteiger partial charge in [-0.25, -0.2) is 9.69 Å². The molecule has 6 heteroatoms. The maximum Gasteiger partial charge on any atom is 0.352 e. The maximum absolute atomic E-state index is 11.5. The quantitative estimate of drug-likeness (QED) is 0.602. The minimum Gasteiger partial charge on any atom is -0.270 e. The Labute approximate surface area is 89.0 Å². The summed E-state index contributed by atoms with van der Waals surface area (Å²) >= 11 is 0. The summed E-state index contributed by atoms with van der Waals surface area (Å²) in [5.74, 6) is 0.595. The average Bonchev–Trinajstić information content (AvgIpc) is 2.27. The number of rotatable bonds is 0. The summed E-state index contributed by atoms with van der Waals surface area (Å²) in [4.78, 5) is 16.9. The van der Waals surface area contributed by atoms with Crippen LogP contribution >= 0.6 is 0 Å². The molecular weight excluding hydrogens is 194 g/mol. The molecule has 82 valence electrons. The second kappa shape index (κ2) is 4.68. The minimum absolute atomic E-state index is 0.229. The highest BCUT2D eigenvalue weighted by atomic mass is 16.2. The molecule has 2 heterocycles. The molecule has 0 aliphatic carbocycles. The third-order valence-electron chi connectivity index (χ3n) is 1.89. The van der Waals surface area contributed by atoms with E-state index in [0.717, 1.165) is 5.57 Å². The van der Waals surface area contributed by atoms with Crippen LogP contribution in [0.1, 0.15) is 20.8 Å². The van der Waals surface area contributed by atoms with Gasteiger partial charge in [-0.1, -0.05) is 19.1 Å². The first-order chi connectivity index (χ1) is 7.20. The molecule has 0 N–H and O–H groups in total. The van der Waals surface area contributed by atoms with E-state index in [0.29, 0.717) is 12.4 Å². The zero-order valence-corrected chi connectivity index (χ0v) is 9.43. The van der Waals surface area contributed by atoms with Gasteiger partial charge in [0.1, 0.15) is 6.34 Å². The van der Waals surface area contributed by atoms with Gasteiger partial charge in [0.25, 0.3) is 0 Å². The number of carbonyl (C=O) groups is 1. The molecule has 0 fully saturated rings. The lowest BCUT2D eigenvalue weighted by atomic mass is 10.2. The molecule has 2 aliphatic heterocycles. The number of fused-ring (bicyclic) bond motifs is 1. The molecule has 0 aromatic heterocycles. The normalized spacial score (nSPS) is 18.8. The van der Waals surface area contributed by atoms with Crippen LogP contribution in [-0.2, 0) is 0 Å². The molecule has 0 saturated heterocycles. The molecule has 0 spiro atoms. The van der Waals surface area contributed by atoms with Crippen LogP contribution < -0.4 is 0 Å². The van der Waals surface area contributed by atoms with E-state index in [1.165, 1.54) is 16.2 Å². The van der Waals surface area contributed by atoms with E-state index in [1.54, 1.807) is 7.05 Å². The summed E-state index contributed by atoms with van der Waals surface area (Å²) in [5.41, 5.74) is 0.952. The molecule has 15 heavy (non-hydrogen) atoms. The van der Waals surface area contributed by atoms with Crippen LogP contribution in [0.3, 0.4) is 0 Å². The molecular formula is C9H15N5O. The van der Waals surface area contributed by atoms with Crippen LogP contribution in [0.4, 0.5) is 4.79 Å². The highest BCUT2D eigenvalue weighted by molar-refractivity contribution is 5.89. The van der Waals surface area contributed by atoms with Crippen LogP contribution in [0.2, 0.25) is 0 Å². The summed E-state index contributed by atoms with van der Waals surface area (Å²) in [5, 5.41) is 8.78. The van der Waals surface area contributed by atoms with Crippen molar-refractivity contribution in [3.63, 3.8) is 0 Å². The van der Waals surface area contributed by atoms with Gasteiger partial charge in [0.05, 0.1) is 6.54 Å². The zero-order valence-electron chi connectivity index (χ0n) is 9.43. The van der Waals surface area contributed by atoms with Crippen molar-refractivity contribution in [2.45, 2.75) is 20.8 Å². The van der Waals surface area contributed by atoms with Gasteiger partial charge in [-0.15, -0.1) is 5.11 Å². The Hall–Kier alpha value is -1.72. The smallest absolute Gasteiger partial charge is 0.270 e. The second-order valence-corrected chi connectivity index (χ2v) is 2.93. The van der Waals surface area contributed by atoms with E-state index in [9.17, 15) is 4.79 Å². The van der Waals surface area contributed by atoms with Gasteiger partial charge in [0, 0.05) is 7.05 Å². The topological polar surface area (TPSA) is 60.6 Å². The lowest BCUT2D eigenvalue weighted by molar-refractivity contribution is 0.182. The van der Waals surface area contributed by atoms with Gasteiger partial charge in [0.15, 0.2) is 5.82 Å². The van der Waals surface area contributed by atoms with E-state index in [2.05, 4.69) is 15.3 Å². The monoisotopic (exact) mass is 209 g/mol. The Morgan fingerprint density at radius 1 is 1.40 bits per heavy atom. The Morgan fingerprint density at radius 2 is 2.07 bits per heavy atom. The van der Waals surface area contributed by atoms with E-state index >= 15 is 0 Å². The fourth-order valence-electron chi connectivity index (χ4n) is 1.17. The van der Waals surface area contributed by atoms with E-state index < -0.39 is 0 Å². The summed E-state index contributed by atoms with van der Waals surface area (Å²) in [6.07, 6.45) is 1.49. The summed E-state index contributed by atoms with van der Waals surface area (Å²) in [7, 11) is 1.56. The van der Waals surface area contributed by atoms with Crippen molar-refractivity contribution in [2.24, 2.45) is 15.3 Å². The summed E-state index contributed by atoms with van der Waals surface area (Å²) in [6, 6.07) is -0.229. The van der Waals surface area contributed by atoms with Gasteiger partial charge in [0.2, 0.25) is 0 Å². The molecule has 0 aromatic carbocycles. The maximum atomic E-state index is 11.5. The lowest BCUT2D eigenvalue weighted by Gasteiger charge is -2.27. The van der Waals surface area contributed by atoms with Crippen LogP contribution in [0.25, 0.3) is 0 Å². The van der Waals surface area contributed by atoms with Crippen LogP contribution in [0.15, 0.2) is 26.7 Å². The third kappa shape index (κ3) is 2.03. The summed E-state index contributed by atoms with van der Waals surface area (Å²) < 4.78 is 0. The number of carbonyl (C=O) groups excluding carboxylic acids is 1. The van der Waals surface area contributed by atoms with Crippen molar-refractivity contribution in [1.29, 1.82) is 0 Å². The van der Waals surface area contributed by atoms with Crippen molar-refractivity contribution >= 4 is 12.4 Å². The number of aliphatic imine (C=N–C) groups is 1. The molecule has 0 saturated carbocycles. The molecule has 2 amide bonds. The van der Waals surface area contributed by atoms with Gasteiger partial charge < -0.3 is 0 Å². The first-order valence-corrected chi connectivity index (χ1v) is 4.88. The second-order valence-electron chi connectivity index (χ2n) is 2.93. The minimum atomic E-state index is -0.229. The van der Waals surface area contributed by atoms with Crippen molar-refractivity contribution in [3.05, 3.63) is 11.4 Å². The van der Waals surface area contributed by atoms with Crippen molar-refractivity contribution in [3.8, 4) is 0 Å². The molecule has 2 aliphatic rings. The molecule has 0 bridgehead atoms. The SMILES string of the molecule is CC.CC1=C2N=NN(C)C(=O)N2C=NC1. The highest BCUT2D eigenvalue weighted by Gasteiger charge is 2.27. The number of nitrogens with zero attached hydrogens (tertiary/aromatic N) is 5. The first kappa shape index (κ1) is 11.4. The Kier molecular flexibility index (Phi) is 3.54. The van der Waals surface area contributed by atoms with Crippen LogP contribution in [0.5, 0.6) is 0 Å². The molecule has 0 atom stereocenters. The molecule has 6 nitrogen and oxygen atoms in total. The largest absolute Gasteiger partial charge is 0.352 e. The Morgan fingerprint density at radius 3 is 2.73 bits per heavy atom. The molecule has 2 rings (SSSR count). The standard InChI is InChI=1S/C7H9N5O.C2H6/c1-5-3-8-4-12-6(5)9-10-11(2)7(12)13;1-2/h4H,3H2,1-2H3;1-2H3. The third-order valence-corrected chi connectivity index (χ3v) is 1.89. The van der Waals surface area contributed by atoms with Crippen molar-refractivity contribution < 1.29 is 4.79 Å². The molecule has 0 unspecified atom stereocenters. The lowest BCUT2D eigenvalue weighted by Crippen LogP contribution is -2.41. The summed E-state index contributed by atoms with van der Waals surface area (Å²) in [6.45, 7) is 6.47. The molecule has 0 radical (unpaired) electrons. The zero-order chi connectivity index (χ0) is 11.4. The Bertz CT molecular complexity index is 344. The van der Waals surface area contributed by atoms with E-state index in [4.69, 9.17) is 0 Å². The van der Waals surface area contributed by atoms with E-state index in [1.807, 2.05) is 20.8 Å². The van der Waals surface area contributed by atoms with Crippen LogP contribution in [0, 0.1) is 0 Å². The Balaban J connectivity index is 0.000000531. The van der Waals surface area contributed by atoms with Gasteiger partial charge in [-0.05, 0) is 12.5 Å². The fourth-order valence-corrected chi connectivity index (χ4v) is 1.17. The number of hydrogen-bond donors (Lipinski definition) is 0. The van der Waals surface area contributed by atoms with Crippen molar-refractivity contribution in [1.82, 2.24) is 9.91 Å². The van der Waals surface area contributed by atoms with E-state index in [-0.39, 0.29) is 6.03 Å². The van der Waals surface area contributed by atoms with Gasteiger partial charge in [-0.3, -0.25) is 4.99 Å². The van der Waals surface area contributed by atoms with Crippen LogP contribution in [-0.4, -0.2) is 35.9 Å². The number of hydrogen-bond acceptors (Lipinski definition) is 4. The van der Waals surface area contributed by atoms with Crippen molar-refractivity contribution in [2.75, 3.05) is 13.6 Å². The predicted octanol–water partition coefficient (Wildman–Crippen LogP) is 2.02. The number of amides is 2. The predicted molar refractivity (Wildman–Crippen MR) is 57.3 cm³/mol. The average molecular weight is 209 g/mol. The highest BCUT2D eigenvalue weighted by Crippen LogP contribution is 2.20. The molecule has 0 aromatic rings. The van der Waals surface area contributed by atoms with Gasteiger partial charge >= 0.3 is 6.03 Å². The first-order valence-electron chi connectivity index (χ1n) is 4.88.